The Balaban J connectivity index is 1.86. The molecule has 3 aromatic heterocycles. The highest BCUT2D eigenvalue weighted by Gasteiger charge is 2.18. The third kappa shape index (κ3) is 2.11. The van der Waals surface area contributed by atoms with Gasteiger partial charge in [0, 0.05) is 37.2 Å². The molecule has 3 heterocycles. The Hall–Kier alpha value is -2.77. The lowest BCUT2D eigenvalue weighted by molar-refractivity contribution is 0.0773. The summed E-state index contributed by atoms with van der Waals surface area (Å²) in [5, 5.41) is 10.7. The van der Waals surface area contributed by atoms with E-state index in [0.717, 1.165) is 11.3 Å². The standard InChI is InChI=1S/C12H13N7O/c1-8-3-4-13-12-16-10(17-19(8)12)11(20)18(2)7-9-5-14-15-6-9/h3-6H,7H2,1-2H3,(H,14,15). The Bertz CT molecular complexity index is 746. The summed E-state index contributed by atoms with van der Waals surface area (Å²) >= 11 is 0. The first kappa shape index (κ1) is 12.3. The van der Waals surface area contributed by atoms with Crippen molar-refractivity contribution < 1.29 is 4.79 Å². The zero-order valence-corrected chi connectivity index (χ0v) is 11.1. The van der Waals surface area contributed by atoms with E-state index in [1.807, 2.05) is 13.0 Å². The van der Waals surface area contributed by atoms with Crippen molar-refractivity contribution in [2.75, 3.05) is 7.05 Å². The van der Waals surface area contributed by atoms with Crippen LogP contribution in [0.15, 0.2) is 24.7 Å². The van der Waals surface area contributed by atoms with Crippen molar-refractivity contribution in [2.24, 2.45) is 0 Å². The number of amides is 1. The lowest BCUT2D eigenvalue weighted by Gasteiger charge is -2.13. The zero-order chi connectivity index (χ0) is 14.1. The summed E-state index contributed by atoms with van der Waals surface area (Å²) in [5.74, 6) is 0.305. The maximum Gasteiger partial charge on any atom is 0.293 e. The van der Waals surface area contributed by atoms with Crippen LogP contribution in [0.1, 0.15) is 21.9 Å². The first-order chi connectivity index (χ1) is 9.65. The SMILES string of the molecule is Cc1ccnc2nc(C(=O)N(C)Cc3cn[nH]c3)nn12. The summed E-state index contributed by atoms with van der Waals surface area (Å²) in [6.07, 6.45) is 5.06. The molecule has 0 spiro atoms. The number of fused-ring (bicyclic) bond motifs is 1. The predicted molar refractivity (Wildman–Crippen MR) is 69.9 cm³/mol. The number of rotatable bonds is 3. The Morgan fingerprint density at radius 1 is 1.50 bits per heavy atom. The number of H-pyrrole nitrogens is 1. The average Bonchev–Trinajstić information content (AvgIpc) is 3.07. The van der Waals surface area contributed by atoms with Crippen LogP contribution in [0.25, 0.3) is 5.78 Å². The molecule has 0 atom stereocenters. The summed E-state index contributed by atoms with van der Waals surface area (Å²) in [7, 11) is 1.70. The Morgan fingerprint density at radius 3 is 3.05 bits per heavy atom. The van der Waals surface area contributed by atoms with E-state index in [1.54, 1.807) is 30.2 Å². The van der Waals surface area contributed by atoms with Crippen molar-refractivity contribution in [1.82, 2.24) is 34.7 Å². The van der Waals surface area contributed by atoms with Gasteiger partial charge < -0.3 is 4.90 Å². The van der Waals surface area contributed by atoms with Gasteiger partial charge >= 0.3 is 0 Å². The van der Waals surface area contributed by atoms with Crippen LogP contribution in [0.4, 0.5) is 0 Å². The topological polar surface area (TPSA) is 92.1 Å². The van der Waals surface area contributed by atoms with Crippen LogP contribution in [0.5, 0.6) is 0 Å². The van der Waals surface area contributed by atoms with Gasteiger partial charge in [0.25, 0.3) is 11.7 Å². The fourth-order valence-electron chi connectivity index (χ4n) is 1.88. The van der Waals surface area contributed by atoms with Crippen LogP contribution >= 0.6 is 0 Å². The van der Waals surface area contributed by atoms with Gasteiger partial charge in [-0.1, -0.05) is 0 Å². The van der Waals surface area contributed by atoms with E-state index < -0.39 is 0 Å². The summed E-state index contributed by atoms with van der Waals surface area (Å²) in [4.78, 5) is 22.1. The molecule has 0 fully saturated rings. The van der Waals surface area contributed by atoms with Gasteiger partial charge in [0.1, 0.15) is 0 Å². The van der Waals surface area contributed by atoms with Crippen molar-refractivity contribution in [3.63, 3.8) is 0 Å². The minimum atomic E-state index is -0.254. The second kappa shape index (κ2) is 4.72. The molecule has 3 rings (SSSR count). The summed E-state index contributed by atoms with van der Waals surface area (Å²) < 4.78 is 1.55. The molecule has 8 nitrogen and oxygen atoms in total. The molecular weight excluding hydrogens is 258 g/mol. The number of carbonyl (C=O) groups excluding carboxylic acids is 1. The Labute approximate surface area is 114 Å². The van der Waals surface area contributed by atoms with E-state index in [0.29, 0.717) is 12.3 Å². The normalized spacial score (nSPS) is 10.9. The molecule has 0 aliphatic carbocycles. The maximum atomic E-state index is 12.3. The van der Waals surface area contributed by atoms with Gasteiger partial charge in [-0.15, -0.1) is 5.10 Å². The van der Waals surface area contributed by atoms with Crippen molar-refractivity contribution in [1.29, 1.82) is 0 Å². The largest absolute Gasteiger partial charge is 0.334 e. The lowest BCUT2D eigenvalue weighted by atomic mass is 10.3. The summed E-state index contributed by atoms with van der Waals surface area (Å²) in [5.41, 5.74) is 1.79. The average molecular weight is 271 g/mol. The molecule has 0 saturated carbocycles. The number of nitrogens with one attached hydrogen (secondary N) is 1. The van der Waals surface area contributed by atoms with Gasteiger partial charge in [-0.25, -0.2) is 9.50 Å². The molecule has 3 aromatic rings. The van der Waals surface area contributed by atoms with E-state index in [2.05, 4.69) is 25.3 Å². The molecule has 20 heavy (non-hydrogen) atoms. The molecule has 1 amide bonds. The van der Waals surface area contributed by atoms with Crippen LogP contribution in [0, 0.1) is 6.92 Å². The first-order valence-electron chi connectivity index (χ1n) is 6.06. The smallest absolute Gasteiger partial charge is 0.293 e. The van der Waals surface area contributed by atoms with Crippen LogP contribution in [-0.2, 0) is 6.54 Å². The van der Waals surface area contributed by atoms with Gasteiger partial charge in [-0.2, -0.15) is 10.1 Å². The van der Waals surface area contributed by atoms with Crippen molar-refractivity contribution in [3.8, 4) is 0 Å². The molecule has 0 bridgehead atoms. The highest BCUT2D eigenvalue weighted by molar-refractivity contribution is 5.90. The van der Waals surface area contributed by atoms with Gasteiger partial charge in [0.05, 0.1) is 6.20 Å². The molecule has 0 aliphatic heterocycles. The van der Waals surface area contributed by atoms with Crippen LogP contribution in [-0.4, -0.2) is 47.6 Å². The summed E-state index contributed by atoms with van der Waals surface area (Å²) in [6, 6.07) is 1.81. The number of aromatic amines is 1. The second-order valence-corrected chi connectivity index (χ2v) is 4.50. The minimum Gasteiger partial charge on any atom is -0.334 e. The minimum absolute atomic E-state index is 0.137. The molecule has 0 unspecified atom stereocenters. The van der Waals surface area contributed by atoms with E-state index in [-0.39, 0.29) is 11.7 Å². The van der Waals surface area contributed by atoms with Crippen molar-refractivity contribution >= 4 is 11.7 Å². The Kier molecular flexibility index (Phi) is 2.90. The number of aromatic nitrogens is 6. The van der Waals surface area contributed by atoms with E-state index >= 15 is 0 Å². The Morgan fingerprint density at radius 2 is 2.35 bits per heavy atom. The van der Waals surface area contributed by atoms with E-state index in [9.17, 15) is 4.79 Å². The highest BCUT2D eigenvalue weighted by atomic mass is 16.2. The predicted octanol–water partition coefficient (Wildman–Crippen LogP) is 0.428. The lowest BCUT2D eigenvalue weighted by Crippen LogP contribution is -2.27. The first-order valence-corrected chi connectivity index (χ1v) is 6.06. The van der Waals surface area contributed by atoms with E-state index in [4.69, 9.17) is 0 Å². The molecule has 0 aliphatic rings. The molecule has 0 saturated heterocycles. The number of hydrogen-bond donors (Lipinski definition) is 1. The molecular formula is C12H13N7O. The van der Waals surface area contributed by atoms with Crippen LogP contribution in [0.3, 0.4) is 0 Å². The van der Waals surface area contributed by atoms with Crippen molar-refractivity contribution in [3.05, 3.63) is 41.7 Å². The maximum absolute atomic E-state index is 12.3. The molecule has 102 valence electrons. The van der Waals surface area contributed by atoms with Gasteiger partial charge in [-0.3, -0.25) is 9.89 Å². The fourth-order valence-corrected chi connectivity index (χ4v) is 1.88. The van der Waals surface area contributed by atoms with Crippen LogP contribution in [0.2, 0.25) is 0 Å². The third-order valence-corrected chi connectivity index (χ3v) is 2.94. The van der Waals surface area contributed by atoms with Gasteiger partial charge in [-0.05, 0) is 13.0 Å². The van der Waals surface area contributed by atoms with Gasteiger partial charge in [0.2, 0.25) is 5.82 Å². The summed E-state index contributed by atoms with van der Waals surface area (Å²) in [6.45, 7) is 2.32. The highest BCUT2D eigenvalue weighted by Crippen LogP contribution is 2.06. The number of aryl methyl sites for hydroxylation is 1. The van der Waals surface area contributed by atoms with Crippen molar-refractivity contribution in [2.45, 2.75) is 13.5 Å². The molecule has 8 heteroatoms. The number of carbonyl (C=O) groups is 1. The molecule has 0 radical (unpaired) electrons. The monoisotopic (exact) mass is 271 g/mol. The number of hydrogen-bond acceptors (Lipinski definition) is 5. The zero-order valence-electron chi connectivity index (χ0n) is 11.1. The fraction of sp³-hybridized carbons (Fsp3) is 0.250. The van der Waals surface area contributed by atoms with E-state index in [1.165, 1.54) is 4.90 Å². The third-order valence-electron chi connectivity index (χ3n) is 2.94. The van der Waals surface area contributed by atoms with Gasteiger partial charge in [0.15, 0.2) is 0 Å². The quantitative estimate of drug-likeness (QED) is 0.745. The van der Waals surface area contributed by atoms with Crippen LogP contribution < -0.4 is 0 Å². The molecule has 1 N–H and O–H groups in total. The molecule has 0 aromatic carbocycles. The second-order valence-electron chi connectivity index (χ2n) is 4.50. The number of nitrogens with zero attached hydrogens (tertiary/aromatic N) is 6.